The number of carbonyl (C=O) groups excluding carboxylic acids is 2. The topological polar surface area (TPSA) is 146 Å². The quantitative estimate of drug-likeness (QED) is 0.0834. The number of thioether (sulfide) groups is 2. The minimum atomic E-state index is -2.32. The molecule has 3 unspecified atom stereocenters. The Labute approximate surface area is 206 Å². The average Bonchev–Trinajstić information content (AvgIpc) is 2.82. The number of carbonyl (C=O) groups is 2. The summed E-state index contributed by atoms with van der Waals surface area (Å²) in [7, 11) is 2.34. The number of hydrogen-bond acceptors (Lipinski definition) is 13. The number of hydrogen-bond donors (Lipinski definition) is 0. The molecule has 0 heterocycles. The highest BCUT2D eigenvalue weighted by atomic mass is 32.2. The van der Waals surface area contributed by atoms with Gasteiger partial charge in [0.25, 0.3) is 22.5 Å². The van der Waals surface area contributed by atoms with Crippen molar-refractivity contribution >= 4 is 68.3 Å². The van der Waals surface area contributed by atoms with Crippen LogP contribution in [-0.2, 0) is 45.3 Å². The van der Waals surface area contributed by atoms with Gasteiger partial charge in [0.15, 0.2) is 0 Å². The zero-order valence-corrected chi connectivity index (χ0v) is 22.3. The summed E-state index contributed by atoms with van der Waals surface area (Å²) in [5.74, 6) is 0. The maximum Gasteiger partial charge on any atom is 0.449 e. The summed E-state index contributed by atoms with van der Waals surface area (Å²) >= 11 is -2.08. The summed E-state index contributed by atoms with van der Waals surface area (Å²) in [5, 5.41) is 8.05. The lowest BCUT2D eigenvalue weighted by atomic mass is 10.4. The first-order chi connectivity index (χ1) is 15.6. The van der Waals surface area contributed by atoms with Crippen LogP contribution in [0.25, 0.3) is 0 Å². The van der Waals surface area contributed by atoms with E-state index in [1.54, 1.807) is 26.4 Å². The van der Waals surface area contributed by atoms with Gasteiger partial charge in [-0.15, -0.1) is 30.1 Å². The van der Waals surface area contributed by atoms with Crippen LogP contribution in [0.3, 0.4) is 0 Å². The Morgan fingerprint density at radius 1 is 0.970 bits per heavy atom. The molecule has 0 spiro atoms. The third-order valence-corrected chi connectivity index (χ3v) is 6.47. The molecule has 0 radical (unpaired) electrons. The van der Waals surface area contributed by atoms with Gasteiger partial charge in [-0.3, -0.25) is 18.0 Å². The molecular weight excluding hydrogens is 520 g/mol. The van der Waals surface area contributed by atoms with Crippen molar-refractivity contribution in [2.45, 2.75) is 20.0 Å². The van der Waals surface area contributed by atoms with E-state index in [1.807, 2.05) is 0 Å². The number of nitrogens with zero attached hydrogens (tertiary/aromatic N) is 4. The second kappa shape index (κ2) is 17.9. The van der Waals surface area contributed by atoms with E-state index < -0.39 is 47.4 Å². The van der Waals surface area contributed by atoms with Gasteiger partial charge in [0.1, 0.15) is 16.2 Å². The second-order valence-corrected chi connectivity index (χ2v) is 9.99. The van der Waals surface area contributed by atoms with E-state index in [0.29, 0.717) is 18.7 Å². The summed E-state index contributed by atoms with van der Waals surface area (Å²) in [6.45, 7) is 6.35. The summed E-state index contributed by atoms with van der Waals surface area (Å²) < 4.78 is 41.5. The predicted octanol–water partition coefficient (Wildman–Crippen LogP) is 2.28. The third-order valence-electron chi connectivity index (χ3n) is 3.17. The molecule has 0 rings (SSSR count). The average molecular weight is 549 g/mol. The van der Waals surface area contributed by atoms with Crippen molar-refractivity contribution in [2.24, 2.45) is 10.3 Å². The Bertz CT molecular complexity index is 766. The summed E-state index contributed by atoms with van der Waals surface area (Å²) in [6.07, 6.45) is 1.87. The number of amides is 2. The fourth-order valence-corrected chi connectivity index (χ4v) is 2.73. The Morgan fingerprint density at radius 3 is 1.91 bits per heavy atom. The largest absolute Gasteiger partial charge is 0.449 e. The van der Waals surface area contributed by atoms with E-state index in [2.05, 4.69) is 26.6 Å². The van der Waals surface area contributed by atoms with Crippen LogP contribution in [0.2, 0.25) is 0 Å². The first kappa shape index (κ1) is 31.5. The van der Waals surface area contributed by atoms with Gasteiger partial charge >= 0.3 is 12.2 Å². The van der Waals surface area contributed by atoms with Crippen LogP contribution < -0.4 is 0 Å². The van der Waals surface area contributed by atoms with Crippen LogP contribution in [0.4, 0.5) is 9.59 Å². The van der Waals surface area contributed by atoms with Gasteiger partial charge in [0.2, 0.25) is 0 Å². The van der Waals surface area contributed by atoms with Crippen molar-refractivity contribution in [3.63, 3.8) is 0 Å². The minimum Gasteiger partial charge on any atom is -0.375 e. The van der Waals surface area contributed by atoms with Crippen molar-refractivity contribution in [1.82, 2.24) is 8.61 Å². The Morgan fingerprint density at radius 2 is 1.45 bits per heavy atom. The van der Waals surface area contributed by atoms with Crippen LogP contribution in [0.5, 0.6) is 0 Å². The molecule has 13 nitrogen and oxygen atoms in total. The fourth-order valence-electron chi connectivity index (χ4n) is 1.30. The fraction of sp³-hybridized carbons (Fsp3) is 0.625. The molecule has 0 aromatic rings. The Hall–Kier alpha value is -1.50. The summed E-state index contributed by atoms with van der Waals surface area (Å²) in [4.78, 5) is 33.1. The van der Waals surface area contributed by atoms with E-state index in [4.69, 9.17) is 13.1 Å². The molecule has 33 heavy (non-hydrogen) atoms. The SMILES string of the molecule is C=CCOCC(COS(=O)N(C)C(=O)ON=C(C)SC)OS(=O)N(C)C(=O)ON=C(C)SC. The molecule has 0 saturated carbocycles. The van der Waals surface area contributed by atoms with E-state index >= 15 is 0 Å². The lowest BCUT2D eigenvalue weighted by molar-refractivity contribution is 0.0413. The highest BCUT2D eigenvalue weighted by Gasteiger charge is 2.25. The summed E-state index contributed by atoms with van der Waals surface area (Å²) in [5.41, 5.74) is 0. The monoisotopic (exact) mass is 548 g/mol. The number of rotatable bonds is 13. The van der Waals surface area contributed by atoms with E-state index in [0.717, 1.165) is 0 Å². The van der Waals surface area contributed by atoms with Crippen molar-refractivity contribution < 1.29 is 40.8 Å². The number of ether oxygens (including phenoxy) is 1. The van der Waals surface area contributed by atoms with E-state index in [-0.39, 0.29) is 13.2 Å². The molecule has 0 aromatic heterocycles. The van der Waals surface area contributed by atoms with Crippen LogP contribution in [0.15, 0.2) is 23.0 Å². The highest BCUT2D eigenvalue weighted by molar-refractivity contribution is 8.13. The Kier molecular flexibility index (Phi) is 17.1. The van der Waals surface area contributed by atoms with Gasteiger partial charge < -0.3 is 4.74 Å². The zero-order valence-electron chi connectivity index (χ0n) is 19.1. The van der Waals surface area contributed by atoms with Gasteiger partial charge in [-0.05, 0) is 26.4 Å². The van der Waals surface area contributed by atoms with Crippen LogP contribution >= 0.6 is 23.5 Å². The molecule has 0 bridgehead atoms. The first-order valence-electron chi connectivity index (χ1n) is 8.96. The van der Waals surface area contributed by atoms with Gasteiger partial charge in [0.05, 0.1) is 19.8 Å². The molecule has 3 atom stereocenters. The molecule has 0 fully saturated rings. The highest BCUT2D eigenvalue weighted by Crippen LogP contribution is 2.08. The normalized spacial score (nSPS) is 14.7. The van der Waals surface area contributed by atoms with Crippen LogP contribution in [0, 0.1) is 0 Å². The maximum absolute atomic E-state index is 12.4. The predicted molar refractivity (Wildman–Crippen MR) is 130 cm³/mol. The molecule has 17 heteroatoms. The number of oxime groups is 2. The second-order valence-electron chi connectivity index (χ2n) is 5.60. The van der Waals surface area contributed by atoms with Gasteiger partial charge in [-0.25, -0.2) is 26.6 Å². The lowest BCUT2D eigenvalue weighted by Crippen LogP contribution is -2.37. The van der Waals surface area contributed by atoms with Gasteiger partial charge in [0, 0.05) is 14.1 Å². The van der Waals surface area contributed by atoms with Crippen molar-refractivity contribution in [3.05, 3.63) is 12.7 Å². The molecule has 0 aliphatic heterocycles. The smallest absolute Gasteiger partial charge is 0.375 e. The van der Waals surface area contributed by atoms with Gasteiger partial charge in [-0.2, -0.15) is 0 Å². The first-order valence-corrected chi connectivity index (χ1v) is 13.5. The lowest BCUT2D eigenvalue weighted by Gasteiger charge is -2.20. The molecule has 0 N–H and O–H groups in total. The summed E-state index contributed by atoms with van der Waals surface area (Å²) in [6, 6.07) is 0. The Balaban J connectivity index is 4.96. The van der Waals surface area contributed by atoms with E-state index in [1.165, 1.54) is 43.7 Å². The molecular formula is C16H28N4O9S4. The van der Waals surface area contributed by atoms with Gasteiger partial charge in [-0.1, -0.05) is 16.4 Å². The molecule has 0 saturated heterocycles. The van der Waals surface area contributed by atoms with Crippen molar-refractivity contribution in [1.29, 1.82) is 0 Å². The molecule has 190 valence electrons. The molecule has 0 aromatic carbocycles. The minimum absolute atomic E-state index is 0.146. The van der Waals surface area contributed by atoms with Crippen molar-refractivity contribution in [3.8, 4) is 0 Å². The third kappa shape index (κ3) is 13.7. The van der Waals surface area contributed by atoms with E-state index in [9.17, 15) is 18.0 Å². The zero-order chi connectivity index (χ0) is 25.4. The van der Waals surface area contributed by atoms with Crippen LogP contribution in [-0.4, -0.2) is 91.8 Å². The van der Waals surface area contributed by atoms with Crippen LogP contribution in [0.1, 0.15) is 13.8 Å². The molecule has 0 aliphatic rings. The maximum atomic E-state index is 12.4. The standard InChI is InChI=1S/C16H28N4O9S4/c1-8-9-25-10-14(29-33(24)20(5)16(22)28-18-13(3)31-7)11-26-32(23)19(4)15(21)27-17-12(2)30-6/h8,14H,1,9-11H2,2-7H3. The molecule has 2 amide bonds. The van der Waals surface area contributed by atoms with Crippen molar-refractivity contribution in [2.75, 3.05) is 46.4 Å². The molecule has 0 aliphatic carbocycles.